The summed E-state index contributed by atoms with van der Waals surface area (Å²) in [4.78, 5) is 24.5. The Morgan fingerprint density at radius 1 is 1.41 bits per heavy atom. The molecular formula is C18H18N4O5. The van der Waals surface area contributed by atoms with Gasteiger partial charge in [0, 0.05) is 30.0 Å². The highest BCUT2D eigenvalue weighted by molar-refractivity contribution is 5.85. The van der Waals surface area contributed by atoms with Crippen molar-refractivity contribution in [2.24, 2.45) is 5.10 Å². The number of hydrogen-bond acceptors (Lipinski definition) is 7. The Kier molecular flexibility index (Phi) is 6.30. The first-order valence-electron chi connectivity index (χ1n) is 7.83. The van der Waals surface area contributed by atoms with E-state index in [1.54, 1.807) is 13.0 Å². The third-order valence-corrected chi connectivity index (χ3v) is 3.71. The predicted octanol–water partition coefficient (Wildman–Crippen LogP) is 0.736. The topological polar surface area (TPSA) is 137 Å². The lowest BCUT2D eigenvalue weighted by Gasteiger charge is -2.12. The van der Waals surface area contributed by atoms with Crippen LogP contribution in [0.25, 0.3) is 0 Å². The number of nitrogens with one attached hydrogen (secondary N) is 1. The minimum absolute atomic E-state index is 0.0761. The monoisotopic (exact) mass is 370 g/mol. The summed E-state index contributed by atoms with van der Waals surface area (Å²) in [6.45, 7) is 1.44. The molecular weight excluding hydrogens is 352 g/mol. The highest BCUT2D eigenvalue weighted by atomic mass is 16.5. The first kappa shape index (κ1) is 19.7. The number of carbonyl (C=O) groups excluding carboxylic acids is 1. The number of nitrogens with zero attached hydrogens (tertiary/aromatic N) is 3. The summed E-state index contributed by atoms with van der Waals surface area (Å²) in [5.74, 6) is -0.890. The SMILES string of the molecule is COCc1cc(C)n(CC(=O)N/N=C/c2ccc(O)cc2O)c(=O)c1C#N. The number of rotatable bonds is 6. The quantitative estimate of drug-likeness (QED) is 0.506. The van der Waals surface area contributed by atoms with Gasteiger partial charge in [-0.2, -0.15) is 10.4 Å². The van der Waals surface area contributed by atoms with Crippen molar-refractivity contribution in [3.8, 4) is 17.6 Å². The maximum atomic E-state index is 12.4. The van der Waals surface area contributed by atoms with Gasteiger partial charge in [0.2, 0.25) is 0 Å². The van der Waals surface area contributed by atoms with Crippen LogP contribution in [0.15, 0.2) is 34.2 Å². The van der Waals surface area contributed by atoms with Gasteiger partial charge >= 0.3 is 0 Å². The number of aromatic hydroxyl groups is 2. The smallest absolute Gasteiger partial charge is 0.269 e. The lowest BCUT2D eigenvalue weighted by Crippen LogP contribution is -2.33. The van der Waals surface area contributed by atoms with Gasteiger partial charge in [-0.25, -0.2) is 5.43 Å². The number of aryl methyl sites for hydroxylation is 1. The fourth-order valence-electron chi connectivity index (χ4n) is 2.41. The zero-order valence-corrected chi connectivity index (χ0v) is 14.8. The normalized spacial score (nSPS) is 10.7. The van der Waals surface area contributed by atoms with E-state index in [2.05, 4.69) is 10.5 Å². The first-order chi connectivity index (χ1) is 12.9. The number of hydrogen-bond donors (Lipinski definition) is 3. The van der Waals surface area contributed by atoms with Crippen LogP contribution < -0.4 is 11.0 Å². The second-order valence-electron chi connectivity index (χ2n) is 5.66. The molecule has 3 N–H and O–H groups in total. The summed E-state index contributed by atoms with van der Waals surface area (Å²) in [5.41, 5.74) is 2.83. The van der Waals surface area contributed by atoms with Crippen molar-refractivity contribution in [1.82, 2.24) is 9.99 Å². The van der Waals surface area contributed by atoms with Gasteiger partial charge in [0.15, 0.2) is 0 Å². The largest absolute Gasteiger partial charge is 0.508 e. The summed E-state index contributed by atoms with van der Waals surface area (Å²) < 4.78 is 6.15. The molecule has 0 spiro atoms. The van der Waals surface area contributed by atoms with E-state index in [0.717, 1.165) is 6.07 Å². The van der Waals surface area contributed by atoms with Gasteiger partial charge in [-0.3, -0.25) is 9.59 Å². The van der Waals surface area contributed by atoms with Gasteiger partial charge in [-0.15, -0.1) is 0 Å². The summed E-state index contributed by atoms with van der Waals surface area (Å²) in [6, 6.07) is 7.37. The Hall–Kier alpha value is -3.64. The molecule has 0 saturated heterocycles. The van der Waals surface area contributed by atoms with Crippen LogP contribution in [0.2, 0.25) is 0 Å². The number of hydrazone groups is 1. The van der Waals surface area contributed by atoms with Gasteiger partial charge in [-0.05, 0) is 25.1 Å². The molecule has 9 heteroatoms. The van der Waals surface area contributed by atoms with Crippen molar-refractivity contribution in [2.45, 2.75) is 20.1 Å². The Balaban J connectivity index is 2.15. The molecule has 0 fully saturated rings. The van der Waals surface area contributed by atoms with Crippen molar-refractivity contribution >= 4 is 12.1 Å². The molecule has 9 nitrogen and oxygen atoms in total. The molecule has 27 heavy (non-hydrogen) atoms. The Labute approximate surface area is 154 Å². The molecule has 0 radical (unpaired) electrons. The molecule has 0 aliphatic heterocycles. The van der Waals surface area contributed by atoms with Crippen molar-refractivity contribution in [2.75, 3.05) is 7.11 Å². The molecule has 1 heterocycles. The van der Waals surface area contributed by atoms with Crippen LogP contribution >= 0.6 is 0 Å². The van der Waals surface area contributed by atoms with Crippen molar-refractivity contribution in [3.05, 3.63) is 57.0 Å². The van der Waals surface area contributed by atoms with Gasteiger partial charge < -0.3 is 19.5 Å². The molecule has 0 aliphatic rings. The Morgan fingerprint density at radius 2 is 2.15 bits per heavy atom. The van der Waals surface area contributed by atoms with E-state index < -0.39 is 11.5 Å². The number of phenols is 2. The number of benzene rings is 1. The molecule has 1 aromatic carbocycles. The number of ether oxygens (including phenoxy) is 1. The molecule has 140 valence electrons. The molecule has 0 unspecified atom stereocenters. The minimum Gasteiger partial charge on any atom is -0.508 e. The van der Waals surface area contributed by atoms with Gasteiger partial charge in [0.05, 0.1) is 12.8 Å². The summed E-state index contributed by atoms with van der Waals surface area (Å²) >= 11 is 0. The third kappa shape index (κ3) is 4.71. The average Bonchev–Trinajstić information content (AvgIpc) is 2.61. The zero-order chi connectivity index (χ0) is 20.0. The molecule has 0 saturated carbocycles. The van der Waals surface area contributed by atoms with Crippen molar-refractivity contribution in [3.63, 3.8) is 0 Å². The second-order valence-corrected chi connectivity index (χ2v) is 5.66. The Morgan fingerprint density at radius 3 is 2.78 bits per heavy atom. The van der Waals surface area contributed by atoms with Crippen LogP contribution in [-0.2, 0) is 22.7 Å². The van der Waals surface area contributed by atoms with Crippen LogP contribution in [0.4, 0.5) is 0 Å². The summed E-state index contributed by atoms with van der Waals surface area (Å²) in [7, 11) is 1.46. The number of amides is 1. The van der Waals surface area contributed by atoms with Gasteiger partial charge in [0.1, 0.15) is 29.7 Å². The van der Waals surface area contributed by atoms with E-state index in [9.17, 15) is 25.1 Å². The number of aromatic nitrogens is 1. The highest BCUT2D eigenvalue weighted by Gasteiger charge is 2.14. The zero-order valence-electron chi connectivity index (χ0n) is 14.8. The molecule has 0 aliphatic carbocycles. The molecule has 0 bridgehead atoms. The van der Waals surface area contributed by atoms with E-state index in [1.165, 1.54) is 30.0 Å². The van der Waals surface area contributed by atoms with Gasteiger partial charge in [0.25, 0.3) is 11.5 Å². The average molecular weight is 370 g/mol. The molecule has 2 rings (SSSR count). The van der Waals surface area contributed by atoms with E-state index in [0.29, 0.717) is 11.3 Å². The van der Waals surface area contributed by atoms with Crippen LogP contribution in [0, 0.1) is 18.3 Å². The highest BCUT2D eigenvalue weighted by Crippen LogP contribution is 2.20. The number of nitriles is 1. The van der Waals surface area contributed by atoms with Crippen LogP contribution in [0.5, 0.6) is 11.5 Å². The lowest BCUT2D eigenvalue weighted by atomic mass is 10.1. The number of phenolic OH excluding ortho intramolecular Hbond substituents is 2. The standard InChI is InChI=1S/C18H18N4O5/c1-11-5-13(10-27-2)15(7-19)18(26)22(11)9-17(25)21-20-8-12-3-4-14(23)6-16(12)24/h3-6,8,23-24H,9-10H2,1-2H3,(H,21,25)/b20-8+. The maximum absolute atomic E-state index is 12.4. The fraction of sp³-hybridized carbons (Fsp3) is 0.222. The van der Waals surface area contributed by atoms with Crippen LogP contribution in [-0.4, -0.2) is 34.0 Å². The van der Waals surface area contributed by atoms with E-state index in [-0.39, 0.29) is 35.8 Å². The molecule has 0 atom stereocenters. The summed E-state index contributed by atoms with van der Waals surface area (Å²) in [5, 5.41) is 31.8. The molecule has 1 aromatic heterocycles. The fourth-order valence-corrected chi connectivity index (χ4v) is 2.41. The molecule has 2 aromatic rings. The number of methoxy groups -OCH3 is 1. The number of pyridine rings is 1. The maximum Gasteiger partial charge on any atom is 0.269 e. The first-order valence-corrected chi connectivity index (χ1v) is 7.83. The van der Waals surface area contributed by atoms with E-state index in [1.807, 2.05) is 6.07 Å². The minimum atomic E-state index is -0.585. The van der Waals surface area contributed by atoms with Crippen molar-refractivity contribution < 1.29 is 19.7 Å². The van der Waals surface area contributed by atoms with Crippen LogP contribution in [0.1, 0.15) is 22.4 Å². The van der Waals surface area contributed by atoms with Crippen molar-refractivity contribution in [1.29, 1.82) is 5.26 Å². The summed E-state index contributed by atoms with van der Waals surface area (Å²) in [6.07, 6.45) is 1.20. The van der Waals surface area contributed by atoms with Crippen LogP contribution in [0.3, 0.4) is 0 Å². The Bertz CT molecular complexity index is 988. The van der Waals surface area contributed by atoms with Gasteiger partial charge in [-0.1, -0.05) is 0 Å². The molecule has 1 amide bonds. The van der Waals surface area contributed by atoms with E-state index in [4.69, 9.17) is 4.74 Å². The second kappa shape index (κ2) is 8.64. The number of carbonyl (C=O) groups is 1. The lowest BCUT2D eigenvalue weighted by molar-refractivity contribution is -0.121. The third-order valence-electron chi connectivity index (χ3n) is 3.71. The predicted molar refractivity (Wildman–Crippen MR) is 96.4 cm³/mol. The van der Waals surface area contributed by atoms with E-state index >= 15 is 0 Å².